The summed E-state index contributed by atoms with van der Waals surface area (Å²) >= 11 is 1.93. The van der Waals surface area contributed by atoms with Crippen molar-refractivity contribution in [2.45, 2.75) is 12.8 Å². The van der Waals surface area contributed by atoms with Crippen molar-refractivity contribution < 1.29 is 4.74 Å². The summed E-state index contributed by atoms with van der Waals surface area (Å²) in [6.07, 6.45) is 4.76. The van der Waals surface area contributed by atoms with E-state index in [1.54, 1.807) is 0 Å². The molecule has 0 unspecified atom stereocenters. The third kappa shape index (κ3) is 5.52. The first-order valence-electron chi connectivity index (χ1n) is 4.98. The van der Waals surface area contributed by atoms with E-state index in [1.807, 2.05) is 11.8 Å². The van der Waals surface area contributed by atoms with E-state index in [4.69, 9.17) is 4.74 Å². The number of hydrogen-bond donors (Lipinski definition) is 1. The molecule has 1 heterocycles. The van der Waals surface area contributed by atoms with E-state index in [9.17, 15) is 0 Å². The summed E-state index contributed by atoms with van der Waals surface area (Å²) in [6, 6.07) is 0. The average molecular weight is 204 g/mol. The Morgan fingerprint density at radius 1 is 1.31 bits per heavy atom. The average Bonchev–Trinajstić information content (AvgIpc) is 2.19. The van der Waals surface area contributed by atoms with Crippen molar-refractivity contribution in [1.82, 2.24) is 10.4 Å². The first-order valence-corrected chi connectivity index (χ1v) is 6.38. The number of nitrogens with zero attached hydrogens (tertiary/aromatic N) is 1. The molecule has 0 aromatic rings. The van der Waals surface area contributed by atoms with Crippen molar-refractivity contribution in [3.63, 3.8) is 0 Å². The highest BCUT2D eigenvalue weighted by molar-refractivity contribution is 7.98. The molecule has 78 valence electrons. The van der Waals surface area contributed by atoms with Gasteiger partial charge >= 0.3 is 0 Å². The van der Waals surface area contributed by atoms with Gasteiger partial charge in [-0.15, -0.1) is 0 Å². The van der Waals surface area contributed by atoms with E-state index >= 15 is 0 Å². The van der Waals surface area contributed by atoms with E-state index < -0.39 is 0 Å². The Hall–Kier alpha value is 0.230. The number of rotatable bonds is 6. The minimum atomic E-state index is 0.873. The van der Waals surface area contributed by atoms with Crippen molar-refractivity contribution in [2.24, 2.45) is 0 Å². The fraction of sp³-hybridized carbons (Fsp3) is 1.00. The summed E-state index contributed by atoms with van der Waals surface area (Å²) in [5.74, 6) is 1.28. The molecule has 0 aromatic heterocycles. The molecule has 0 radical (unpaired) electrons. The van der Waals surface area contributed by atoms with Gasteiger partial charge < -0.3 is 4.74 Å². The lowest BCUT2D eigenvalue weighted by atomic mass is 10.3. The molecule has 0 aliphatic carbocycles. The Balaban J connectivity index is 1.86. The summed E-state index contributed by atoms with van der Waals surface area (Å²) in [5.41, 5.74) is 3.42. The van der Waals surface area contributed by atoms with Crippen LogP contribution in [0, 0.1) is 0 Å². The van der Waals surface area contributed by atoms with Gasteiger partial charge in [-0.2, -0.15) is 11.8 Å². The van der Waals surface area contributed by atoms with Crippen molar-refractivity contribution in [3.8, 4) is 0 Å². The van der Waals surface area contributed by atoms with Crippen LogP contribution in [0.15, 0.2) is 0 Å². The molecular formula is C9H20N2OS. The van der Waals surface area contributed by atoms with Crippen LogP contribution in [0.25, 0.3) is 0 Å². The Morgan fingerprint density at radius 3 is 2.77 bits per heavy atom. The molecule has 0 atom stereocenters. The van der Waals surface area contributed by atoms with Crippen molar-refractivity contribution in [1.29, 1.82) is 0 Å². The van der Waals surface area contributed by atoms with E-state index in [0.29, 0.717) is 0 Å². The second kappa shape index (κ2) is 7.62. The molecule has 0 aromatic carbocycles. The molecule has 13 heavy (non-hydrogen) atoms. The second-order valence-electron chi connectivity index (χ2n) is 3.21. The largest absolute Gasteiger partial charge is 0.379 e. The van der Waals surface area contributed by atoms with Crippen LogP contribution in [0.5, 0.6) is 0 Å². The fourth-order valence-corrected chi connectivity index (χ4v) is 1.82. The van der Waals surface area contributed by atoms with Crippen LogP contribution in [0.1, 0.15) is 12.8 Å². The highest BCUT2D eigenvalue weighted by Gasteiger charge is 2.08. The maximum absolute atomic E-state index is 5.26. The highest BCUT2D eigenvalue weighted by Crippen LogP contribution is 1.98. The van der Waals surface area contributed by atoms with Gasteiger partial charge in [-0.25, -0.2) is 5.01 Å². The Bertz CT molecular complexity index is 118. The minimum Gasteiger partial charge on any atom is -0.379 e. The highest BCUT2D eigenvalue weighted by atomic mass is 32.2. The number of hydrogen-bond acceptors (Lipinski definition) is 4. The molecule has 3 nitrogen and oxygen atoms in total. The van der Waals surface area contributed by atoms with E-state index in [-0.39, 0.29) is 0 Å². The summed E-state index contributed by atoms with van der Waals surface area (Å²) in [5, 5.41) is 2.27. The third-order valence-electron chi connectivity index (χ3n) is 2.12. The van der Waals surface area contributed by atoms with Gasteiger partial charge in [0.2, 0.25) is 0 Å². The molecule has 0 saturated carbocycles. The monoisotopic (exact) mass is 204 g/mol. The SMILES string of the molecule is CSCCCCNN1CCOCC1. The van der Waals surface area contributed by atoms with Gasteiger partial charge in [0.1, 0.15) is 0 Å². The molecule has 1 saturated heterocycles. The van der Waals surface area contributed by atoms with Crippen LogP contribution >= 0.6 is 11.8 Å². The Kier molecular flexibility index (Phi) is 6.62. The number of ether oxygens (including phenoxy) is 1. The molecule has 0 amide bonds. The zero-order chi connectivity index (χ0) is 9.36. The van der Waals surface area contributed by atoms with Gasteiger partial charge in [-0.05, 0) is 24.9 Å². The maximum Gasteiger partial charge on any atom is 0.0608 e. The molecule has 1 aliphatic rings. The van der Waals surface area contributed by atoms with Crippen molar-refractivity contribution in [2.75, 3.05) is 44.9 Å². The van der Waals surface area contributed by atoms with Gasteiger partial charge in [0, 0.05) is 19.6 Å². The predicted octanol–water partition coefficient (Wildman–Crippen LogP) is 0.966. The normalized spacial score (nSPS) is 19.2. The molecule has 1 aliphatic heterocycles. The predicted molar refractivity (Wildman–Crippen MR) is 58.0 cm³/mol. The maximum atomic E-state index is 5.26. The molecular weight excluding hydrogens is 184 g/mol. The second-order valence-corrected chi connectivity index (χ2v) is 4.19. The summed E-state index contributed by atoms with van der Waals surface area (Å²) in [4.78, 5) is 0. The zero-order valence-corrected chi connectivity index (χ0v) is 9.24. The fourth-order valence-electron chi connectivity index (χ4n) is 1.33. The van der Waals surface area contributed by atoms with Gasteiger partial charge in [0.25, 0.3) is 0 Å². The third-order valence-corrected chi connectivity index (χ3v) is 2.82. The van der Waals surface area contributed by atoms with Crippen LogP contribution in [0.3, 0.4) is 0 Å². The minimum absolute atomic E-state index is 0.873. The Labute approximate surface area is 85.2 Å². The Morgan fingerprint density at radius 2 is 2.08 bits per heavy atom. The van der Waals surface area contributed by atoms with E-state index in [1.165, 1.54) is 18.6 Å². The lowest BCUT2D eigenvalue weighted by molar-refractivity contribution is 0.0119. The van der Waals surface area contributed by atoms with E-state index in [2.05, 4.69) is 16.7 Å². The summed E-state index contributed by atoms with van der Waals surface area (Å²) in [7, 11) is 0. The lowest BCUT2D eigenvalue weighted by Gasteiger charge is -2.27. The first-order chi connectivity index (χ1) is 6.43. The van der Waals surface area contributed by atoms with Crippen LogP contribution < -0.4 is 5.43 Å². The number of thioether (sulfide) groups is 1. The van der Waals surface area contributed by atoms with Gasteiger partial charge in [-0.3, -0.25) is 5.43 Å². The van der Waals surface area contributed by atoms with Crippen molar-refractivity contribution in [3.05, 3.63) is 0 Å². The molecule has 0 bridgehead atoms. The number of hydrazine groups is 1. The standard InChI is InChI=1S/C9H20N2OS/c1-13-9-3-2-4-10-11-5-7-12-8-6-11/h10H,2-9H2,1H3. The first kappa shape index (κ1) is 11.3. The molecule has 4 heteroatoms. The van der Waals surface area contributed by atoms with Crippen molar-refractivity contribution >= 4 is 11.8 Å². The lowest BCUT2D eigenvalue weighted by Crippen LogP contribution is -2.46. The summed E-state index contributed by atoms with van der Waals surface area (Å²) < 4.78 is 5.26. The van der Waals surface area contributed by atoms with Crippen LogP contribution in [0.2, 0.25) is 0 Å². The molecule has 1 N–H and O–H groups in total. The van der Waals surface area contributed by atoms with Crippen LogP contribution in [-0.4, -0.2) is 49.9 Å². The van der Waals surface area contributed by atoms with Crippen LogP contribution in [-0.2, 0) is 4.74 Å². The van der Waals surface area contributed by atoms with Gasteiger partial charge in [0.05, 0.1) is 13.2 Å². The topological polar surface area (TPSA) is 24.5 Å². The molecule has 1 rings (SSSR count). The summed E-state index contributed by atoms with van der Waals surface area (Å²) in [6.45, 7) is 4.92. The number of unbranched alkanes of at least 4 members (excludes halogenated alkanes) is 1. The van der Waals surface area contributed by atoms with Crippen LogP contribution in [0.4, 0.5) is 0 Å². The molecule has 1 fully saturated rings. The smallest absolute Gasteiger partial charge is 0.0608 e. The number of morpholine rings is 1. The zero-order valence-electron chi connectivity index (χ0n) is 8.42. The quantitative estimate of drug-likeness (QED) is 0.652. The van der Waals surface area contributed by atoms with Gasteiger partial charge in [-0.1, -0.05) is 0 Å². The van der Waals surface area contributed by atoms with E-state index in [0.717, 1.165) is 32.8 Å². The number of nitrogens with one attached hydrogen (secondary N) is 1. The van der Waals surface area contributed by atoms with Gasteiger partial charge in [0.15, 0.2) is 0 Å². The molecule has 0 spiro atoms.